The van der Waals surface area contributed by atoms with Gasteiger partial charge in [-0.05, 0) is 31.7 Å². The molecule has 0 bridgehead atoms. The molecule has 0 radical (unpaired) electrons. The number of sulfonamides is 1. The lowest BCUT2D eigenvalue weighted by Crippen LogP contribution is -2.42. The molecule has 2 aliphatic rings. The second kappa shape index (κ2) is 8.18. The Bertz CT molecular complexity index is 1190. The molecule has 2 fully saturated rings. The maximum absolute atomic E-state index is 13.8. The average Bonchev–Trinajstić information content (AvgIpc) is 3.20. The molecule has 2 aromatic heterocycles. The first-order chi connectivity index (χ1) is 14.9. The summed E-state index contributed by atoms with van der Waals surface area (Å²) in [6.45, 7) is 0.356. The molecule has 11 heteroatoms. The monoisotopic (exact) mass is 443 g/mol. The van der Waals surface area contributed by atoms with Gasteiger partial charge in [0.2, 0.25) is 16.0 Å². The van der Waals surface area contributed by atoms with Gasteiger partial charge in [0.25, 0.3) is 12.0 Å². The summed E-state index contributed by atoms with van der Waals surface area (Å²) < 4.78 is 69.3. The molecule has 1 saturated heterocycles. The van der Waals surface area contributed by atoms with Crippen molar-refractivity contribution in [1.29, 1.82) is 0 Å². The van der Waals surface area contributed by atoms with Crippen LogP contribution in [0.25, 0.3) is 11.0 Å². The van der Waals surface area contributed by atoms with E-state index in [1.54, 1.807) is 0 Å². The standard InChI is InChI=1S/C19H25F2N5O3S/c1-30(28,29)25-8-6-13(7-9-25)23-19-22-11-12-10-15(16(20)21)18(27)26(17(12)24-19)14-4-2-3-5-14/h10-11,13-14,16H,2-9H2,1H3,(H,22,23,24)/i13D,16D. The van der Waals surface area contributed by atoms with Crippen LogP contribution in [0.1, 0.15) is 59.3 Å². The summed E-state index contributed by atoms with van der Waals surface area (Å²) >= 11 is 0. The zero-order chi connectivity index (χ0) is 23.3. The van der Waals surface area contributed by atoms with E-state index in [1.807, 2.05) is 0 Å². The van der Waals surface area contributed by atoms with Crippen molar-refractivity contribution >= 4 is 27.0 Å². The summed E-state index contributed by atoms with van der Waals surface area (Å²) in [4.78, 5) is 21.4. The summed E-state index contributed by atoms with van der Waals surface area (Å²) in [5, 5.41) is 3.14. The minimum Gasteiger partial charge on any atom is -0.351 e. The lowest BCUT2D eigenvalue weighted by Gasteiger charge is -2.30. The SMILES string of the molecule is [2H]C1(Nc2ncc3cc(C([2H])(F)F)c(=O)n(C4CCCC4)c3n2)CCN(S(C)(=O)=O)CC1. The molecule has 0 unspecified atom stereocenters. The molecule has 2 aromatic rings. The van der Waals surface area contributed by atoms with Crippen molar-refractivity contribution in [1.82, 2.24) is 18.8 Å². The number of alkyl halides is 2. The zero-order valence-corrected chi connectivity index (χ0v) is 17.4. The second-order valence-electron chi connectivity index (χ2n) is 7.80. The summed E-state index contributed by atoms with van der Waals surface area (Å²) in [5.74, 6) is 0.0665. The molecule has 1 N–H and O–H groups in total. The predicted molar refractivity (Wildman–Crippen MR) is 109 cm³/mol. The zero-order valence-electron chi connectivity index (χ0n) is 18.6. The second-order valence-corrected chi connectivity index (χ2v) is 9.78. The van der Waals surface area contributed by atoms with Crippen LogP contribution in [0.4, 0.5) is 14.7 Å². The van der Waals surface area contributed by atoms with E-state index in [4.69, 9.17) is 2.74 Å². The molecule has 1 saturated carbocycles. The van der Waals surface area contributed by atoms with Gasteiger partial charge in [0.05, 0.1) is 13.2 Å². The topological polar surface area (TPSA) is 97.2 Å². The minimum atomic E-state index is -4.04. The third-order valence-corrected chi connectivity index (χ3v) is 7.05. The van der Waals surface area contributed by atoms with Gasteiger partial charge in [0, 0.05) is 36.7 Å². The fourth-order valence-corrected chi connectivity index (χ4v) is 5.03. The van der Waals surface area contributed by atoms with Crippen LogP contribution < -0.4 is 10.9 Å². The van der Waals surface area contributed by atoms with Crippen LogP contribution in [0, 0.1) is 0 Å². The van der Waals surface area contributed by atoms with E-state index in [-0.39, 0.29) is 49.0 Å². The molecular formula is C19H25F2N5O3S. The average molecular weight is 444 g/mol. The Morgan fingerprint density at radius 1 is 1.27 bits per heavy atom. The van der Waals surface area contributed by atoms with Crippen molar-refractivity contribution < 1.29 is 19.9 Å². The van der Waals surface area contributed by atoms with E-state index in [1.165, 1.54) is 15.1 Å². The third-order valence-electron chi connectivity index (χ3n) is 5.75. The number of halogens is 2. The molecule has 164 valence electrons. The van der Waals surface area contributed by atoms with E-state index in [0.717, 1.165) is 25.2 Å². The van der Waals surface area contributed by atoms with Gasteiger partial charge in [0.15, 0.2) is 0 Å². The molecular weight excluding hydrogens is 416 g/mol. The number of hydrogen-bond donors (Lipinski definition) is 1. The highest BCUT2D eigenvalue weighted by atomic mass is 32.2. The number of nitrogens with one attached hydrogen (secondary N) is 1. The number of piperidine rings is 1. The van der Waals surface area contributed by atoms with Gasteiger partial charge in [-0.1, -0.05) is 12.8 Å². The summed E-state index contributed by atoms with van der Waals surface area (Å²) in [6, 6.07) is -0.541. The van der Waals surface area contributed by atoms with Crippen molar-refractivity contribution in [2.24, 2.45) is 0 Å². The maximum atomic E-state index is 13.8. The van der Waals surface area contributed by atoms with E-state index in [9.17, 15) is 22.0 Å². The van der Waals surface area contributed by atoms with Crippen molar-refractivity contribution in [3.8, 4) is 0 Å². The molecule has 0 aromatic carbocycles. The summed E-state index contributed by atoms with van der Waals surface area (Å²) in [7, 11) is -3.34. The number of aromatic nitrogens is 3. The van der Waals surface area contributed by atoms with E-state index >= 15 is 0 Å². The molecule has 1 aliphatic carbocycles. The Morgan fingerprint density at radius 3 is 2.53 bits per heavy atom. The van der Waals surface area contributed by atoms with Crippen LogP contribution >= 0.6 is 0 Å². The van der Waals surface area contributed by atoms with Gasteiger partial charge >= 0.3 is 0 Å². The molecule has 0 amide bonds. The Balaban J connectivity index is 1.71. The Morgan fingerprint density at radius 2 is 1.93 bits per heavy atom. The van der Waals surface area contributed by atoms with E-state index in [2.05, 4.69) is 15.3 Å². The Kier molecular flexibility index (Phi) is 5.08. The van der Waals surface area contributed by atoms with Gasteiger partial charge < -0.3 is 5.32 Å². The fraction of sp³-hybridized carbons (Fsp3) is 0.632. The number of rotatable bonds is 5. The first-order valence-electron chi connectivity index (χ1n) is 10.9. The highest BCUT2D eigenvalue weighted by Crippen LogP contribution is 2.32. The Hall–Kier alpha value is -2.14. The molecule has 1 aliphatic heterocycles. The van der Waals surface area contributed by atoms with Crippen LogP contribution in [0.5, 0.6) is 0 Å². The number of hydrogen-bond acceptors (Lipinski definition) is 6. The summed E-state index contributed by atoms with van der Waals surface area (Å²) in [5.41, 5.74) is -1.66. The van der Waals surface area contributed by atoms with Crippen molar-refractivity contribution in [3.63, 3.8) is 0 Å². The van der Waals surface area contributed by atoms with E-state index < -0.39 is 33.6 Å². The van der Waals surface area contributed by atoms with Crippen LogP contribution in [0.2, 0.25) is 0 Å². The van der Waals surface area contributed by atoms with Crippen LogP contribution in [0.3, 0.4) is 0 Å². The maximum Gasteiger partial charge on any atom is 0.269 e. The van der Waals surface area contributed by atoms with Crippen molar-refractivity contribution in [2.75, 3.05) is 24.7 Å². The number of fused-ring (bicyclic) bond motifs is 1. The molecule has 8 nitrogen and oxygen atoms in total. The predicted octanol–water partition coefficient (Wildman–Crippen LogP) is 2.68. The lowest BCUT2D eigenvalue weighted by molar-refractivity contribution is 0.149. The number of anilines is 1. The largest absolute Gasteiger partial charge is 0.351 e. The number of pyridine rings is 1. The smallest absolute Gasteiger partial charge is 0.269 e. The van der Waals surface area contributed by atoms with Crippen molar-refractivity contribution in [3.05, 3.63) is 28.2 Å². The normalized spacial score (nSPS) is 22.1. The van der Waals surface area contributed by atoms with Gasteiger partial charge in [-0.3, -0.25) is 9.36 Å². The highest BCUT2D eigenvalue weighted by molar-refractivity contribution is 7.88. The fourth-order valence-electron chi connectivity index (χ4n) is 4.19. The molecule has 4 rings (SSSR count). The molecule has 30 heavy (non-hydrogen) atoms. The first-order valence-corrected chi connectivity index (χ1v) is 11.8. The van der Waals surface area contributed by atoms with Gasteiger partial charge in [0.1, 0.15) is 7.02 Å². The van der Waals surface area contributed by atoms with E-state index in [0.29, 0.717) is 12.8 Å². The van der Waals surface area contributed by atoms with Crippen molar-refractivity contribution in [2.45, 2.75) is 57.0 Å². The third kappa shape index (κ3) is 4.18. The lowest BCUT2D eigenvalue weighted by atomic mass is 10.1. The van der Waals surface area contributed by atoms with Gasteiger partial charge in [-0.25, -0.2) is 26.5 Å². The quantitative estimate of drug-likeness (QED) is 0.763. The van der Waals surface area contributed by atoms with Crippen LogP contribution in [-0.2, 0) is 10.0 Å². The first kappa shape index (κ1) is 18.6. The van der Waals surface area contributed by atoms with Crippen LogP contribution in [-0.4, -0.2) is 52.6 Å². The molecule has 0 atom stereocenters. The molecule has 0 spiro atoms. The highest BCUT2D eigenvalue weighted by Gasteiger charge is 2.27. The molecule has 3 heterocycles. The van der Waals surface area contributed by atoms with Gasteiger partial charge in [-0.2, -0.15) is 4.98 Å². The van der Waals surface area contributed by atoms with Gasteiger partial charge in [-0.15, -0.1) is 0 Å². The minimum absolute atomic E-state index is 0.0665. The Labute approximate surface area is 176 Å². The summed E-state index contributed by atoms with van der Waals surface area (Å²) in [6.07, 6.45) is 1.84. The number of nitrogens with zero attached hydrogens (tertiary/aromatic N) is 4. The van der Waals surface area contributed by atoms with Crippen LogP contribution in [0.15, 0.2) is 17.1 Å².